The van der Waals surface area contributed by atoms with E-state index in [1.807, 2.05) is 11.3 Å². The van der Waals surface area contributed by atoms with E-state index in [1.54, 1.807) is 0 Å². The molecule has 0 spiro atoms. The molecule has 1 aromatic heterocycles. The van der Waals surface area contributed by atoms with Crippen LogP contribution in [-0.2, 0) is 0 Å². The molecule has 0 saturated carbocycles. The third kappa shape index (κ3) is 5.51. The van der Waals surface area contributed by atoms with Crippen molar-refractivity contribution in [2.75, 3.05) is 4.90 Å². The molecule has 0 aliphatic carbocycles. The molecule has 0 N–H and O–H groups in total. The minimum absolute atomic E-state index is 1.12. The average molecular weight is 680 g/mol. The van der Waals surface area contributed by atoms with Gasteiger partial charge in [-0.25, -0.2) is 0 Å². The highest BCUT2D eigenvalue weighted by atomic mass is 32.1. The summed E-state index contributed by atoms with van der Waals surface area (Å²) in [5.41, 5.74) is 10.7. The second kappa shape index (κ2) is 12.7. The minimum Gasteiger partial charge on any atom is -0.310 e. The van der Waals surface area contributed by atoms with Crippen LogP contribution in [0.4, 0.5) is 17.1 Å². The lowest BCUT2D eigenvalue weighted by Crippen LogP contribution is -2.09. The summed E-state index contributed by atoms with van der Waals surface area (Å²) in [5, 5.41) is 7.55. The second-order valence-corrected chi connectivity index (χ2v) is 14.5. The van der Waals surface area contributed by atoms with Crippen molar-refractivity contribution in [3.05, 3.63) is 200 Å². The highest BCUT2D eigenvalue weighted by molar-refractivity contribution is 7.25. The first kappa shape index (κ1) is 30.4. The SMILES string of the molecule is c1ccc(-c2ccc(N(c3ccc4ccc(-c5ccc(-c6ccc7ccccc7c6)cc5)cc4c3)c3ccc4sc5ccccc5c4c3)cc2)cc1. The molecule has 10 rings (SSSR count). The van der Waals surface area contributed by atoms with E-state index in [0.29, 0.717) is 0 Å². The zero-order valence-corrected chi connectivity index (χ0v) is 29.2. The van der Waals surface area contributed by atoms with Crippen LogP contribution in [0.5, 0.6) is 0 Å². The number of hydrogen-bond acceptors (Lipinski definition) is 2. The van der Waals surface area contributed by atoms with Gasteiger partial charge in [0.05, 0.1) is 0 Å². The van der Waals surface area contributed by atoms with Gasteiger partial charge in [0, 0.05) is 37.2 Å². The maximum atomic E-state index is 2.39. The number of nitrogens with zero attached hydrogens (tertiary/aromatic N) is 1. The fraction of sp³-hybridized carbons (Fsp3) is 0. The first-order valence-corrected chi connectivity index (χ1v) is 18.6. The van der Waals surface area contributed by atoms with Crippen LogP contribution in [0.1, 0.15) is 0 Å². The summed E-state index contributed by atoms with van der Waals surface area (Å²) in [6.07, 6.45) is 0. The van der Waals surface area contributed by atoms with Gasteiger partial charge >= 0.3 is 0 Å². The highest BCUT2D eigenvalue weighted by Crippen LogP contribution is 2.42. The molecule has 0 amide bonds. The van der Waals surface area contributed by atoms with Crippen molar-refractivity contribution in [3.8, 4) is 33.4 Å². The first-order valence-electron chi connectivity index (χ1n) is 17.7. The summed E-state index contributed by atoms with van der Waals surface area (Å²) in [5.74, 6) is 0. The van der Waals surface area contributed by atoms with E-state index in [9.17, 15) is 0 Å². The Kier molecular flexibility index (Phi) is 7.41. The molecule has 0 saturated heterocycles. The Hall–Kier alpha value is -6.48. The van der Waals surface area contributed by atoms with Crippen LogP contribution in [0.3, 0.4) is 0 Å². The number of benzene rings is 9. The predicted octanol–water partition coefficient (Wildman–Crippen LogP) is 14.8. The summed E-state index contributed by atoms with van der Waals surface area (Å²) in [6, 6.07) is 73.0. The fourth-order valence-electron chi connectivity index (χ4n) is 7.51. The van der Waals surface area contributed by atoms with Gasteiger partial charge in [-0.3, -0.25) is 0 Å². The summed E-state index contributed by atoms with van der Waals surface area (Å²) in [7, 11) is 0. The van der Waals surface area contributed by atoms with Crippen molar-refractivity contribution < 1.29 is 0 Å². The zero-order chi connectivity index (χ0) is 34.4. The summed E-state index contributed by atoms with van der Waals surface area (Å²) in [4.78, 5) is 2.39. The Morgan fingerprint density at radius 1 is 0.269 bits per heavy atom. The standard InChI is InChI=1S/C50H33NS/c1-2-8-34(9-3-1)36-22-25-44(26-23-36)51(46-28-29-50-48(33-46)47-12-6-7-13-49(47)52-50)45-27-24-39-19-21-42(31-43(39)32-45)38-16-14-37(15-17-38)41-20-18-35-10-4-5-11-40(35)30-41/h1-33H. The molecular weight excluding hydrogens is 647 g/mol. The van der Waals surface area contributed by atoms with E-state index in [4.69, 9.17) is 0 Å². The van der Waals surface area contributed by atoms with Crippen LogP contribution in [0.15, 0.2) is 200 Å². The van der Waals surface area contributed by atoms with E-state index in [1.165, 1.54) is 75.1 Å². The molecule has 0 aliphatic heterocycles. The van der Waals surface area contributed by atoms with Crippen molar-refractivity contribution in [3.63, 3.8) is 0 Å². The maximum Gasteiger partial charge on any atom is 0.0468 e. The van der Waals surface area contributed by atoms with Gasteiger partial charge < -0.3 is 4.90 Å². The molecule has 0 aliphatic rings. The monoisotopic (exact) mass is 679 g/mol. The smallest absolute Gasteiger partial charge is 0.0468 e. The number of hydrogen-bond donors (Lipinski definition) is 0. The van der Waals surface area contributed by atoms with Gasteiger partial charge in [0.2, 0.25) is 0 Å². The molecule has 1 nitrogen and oxygen atoms in total. The molecule has 0 fully saturated rings. The molecule has 2 heteroatoms. The van der Waals surface area contributed by atoms with Gasteiger partial charge in [-0.2, -0.15) is 0 Å². The molecule has 0 atom stereocenters. The third-order valence-electron chi connectivity index (χ3n) is 10.2. The molecule has 0 unspecified atom stereocenters. The number of rotatable bonds is 6. The van der Waals surface area contributed by atoms with Crippen molar-refractivity contribution in [1.29, 1.82) is 0 Å². The largest absolute Gasteiger partial charge is 0.310 e. The Labute approximate surface area is 307 Å². The van der Waals surface area contributed by atoms with Crippen molar-refractivity contribution in [1.82, 2.24) is 0 Å². The molecule has 52 heavy (non-hydrogen) atoms. The molecule has 244 valence electrons. The highest BCUT2D eigenvalue weighted by Gasteiger charge is 2.16. The van der Waals surface area contributed by atoms with Gasteiger partial charge in [0.15, 0.2) is 0 Å². The van der Waals surface area contributed by atoms with Crippen LogP contribution in [0.25, 0.3) is 75.1 Å². The van der Waals surface area contributed by atoms with Gasteiger partial charge in [-0.15, -0.1) is 11.3 Å². The van der Waals surface area contributed by atoms with Crippen molar-refractivity contribution >= 4 is 70.1 Å². The normalized spacial score (nSPS) is 11.5. The lowest BCUT2D eigenvalue weighted by atomic mass is 9.97. The van der Waals surface area contributed by atoms with Crippen LogP contribution in [-0.4, -0.2) is 0 Å². The zero-order valence-electron chi connectivity index (χ0n) is 28.4. The molecular formula is C50H33NS. The van der Waals surface area contributed by atoms with Gasteiger partial charge in [-0.1, -0.05) is 140 Å². The van der Waals surface area contributed by atoms with Gasteiger partial charge in [0.25, 0.3) is 0 Å². The molecule has 0 bridgehead atoms. The van der Waals surface area contributed by atoms with Gasteiger partial charge in [0.1, 0.15) is 0 Å². The van der Waals surface area contributed by atoms with E-state index in [2.05, 4.69) is 205 Å². The minimum atomic E-state index is 1.12. The molecule has 0 radical (unpaired) electrons. The van der Waals surface area contributed by atoms with Crippen LogP contribution in [0.2, 0.25) is 0 Å². The van der Waals surface area contributed by atoms with E-state index < -0.39 is 0 Å². The Morgan fingerprint density at radius 2 is 0.750 bits per heavy atom. The van der Waals surface area contributed by atoms with Crippen LogP contribution >= 0.6 is 11.3 Å². The topological polar surface area (TPSA) is 3.24 Å². The summed E-state index contributed by atoms with van der Waals surface area (Å²) >= 11 is 1.86. The van der Waals surface area contributed by atoms with Crippen molar-refractivity contribution in [2.45, 2.75) is 0 Å². The lowest BCUT2D eigenvalue weighted by Gasteiger charge is -2.26. The quantitative estimate of drug-likeness (QED) is 0.169. The Morgan fingerprint density at radius 3 is 1.52 bits per heavy atom. The van der Waals surface area contributed by atoms with Crippen LogP contribution in [0, 0.1) is 0 Å². The Balaban J connectivity index is 1.05. The number of fused-ring (bicyclic) bond motifs is 5. The Bertz CT molecular complexity index is 2890. The second-order valence-electron chi connectivity index (χ2n) is 13.4. The maximum absolute atomic E-state index is 2.39. The molecule has 10 aromatic rings. The van der Waals surface area contributed by atoms with E-state index in [-0.39, 0.29) is 0 Å². The van der Waals surface area contributed by atoms with E-state index >= 15 is 0 Å². The summed E-state index contributed by atoms with van der Waals surface area (Å²) < 4.78 is 2.62. The summed E-state index contributed by atoms with van der Waals surface area (Å²) in [6.45, 7) is 0. The number of thiophene rings is 1. The van der Waals surface area contributed by atoms with Gasteiger partial charge in [-0.05, 0) is 116 Å². The van der Waals surface area contributed by atoms with Crippen LogP contribution < -0.4 is 4.90 Å². The third-order valence-corrected chi connectivity index (χ3v) is 11.4. The molecule has 1 heterocycles. The van der Waals surface area contributed by atoms with Crippen molar-refractivity contribution in [2.24, 2.45) is 0 Å². The first-order chi connectivity index (χ1) is 25.7. The number of anilines is 3. The lowest BCUT2D eigenvalue weighted by molar-refractivity contribution is 1.30. The molecule has 9 aromatic carbocycles. The predicted molar refractivity (Wildman–Crippen MR) is 225 cm³/mol. The fourth-order valence-corrected chi connectivity index (χ4v) is 8.60. The van der Waals surface area contributed by atoms with E-state index in [0.717, 1.165) is 17.1 Å². The average Bonchev–Trinajstić information content (AvgIpc) is 3.59.